The Hall–Kier alpha value is -1.60. The molecule has 2 aromatic carbocycles. The minimum atomic E-state index is -3.59. The molecule has 1 unspecified atom stereocenters. The fraction of sp³-hybridized carbons (Fsp3) is 0.188. The largest absolute Gasteiger partial charge is 0.323 e. The zero-order valence-corrected chi connectivity index (χ0v) is 15.4. The molecule has 0 aromatic heterocycles. The molecule has 0 aliphatic rings. The minimum absolute atomic E-state index is 0.307. The standard InChI is InChI=1S/C16H16Cl2N2O3S/c1-20(24(2,22)23)15(11-6-4-3-5-7-11)16(21)19-14-10-12(17)8-9-13(14)18/h3-10,15H,1-2H3,(H,19,21). The van der Waals surface area contributed by atoms with E-state index in [1.54, 1.807) is 42.5 Å². The number of carbonyl (C=O) groups excluding carboxylic acids is 1. The van der Waals surface area contributed by atoms with Gasteiger partial charge in [0.25, 0.3) is 0 Å². The van der Waals surface area contributed by atoms with Crippen LogP contribution in [0.1, 0.15) is 11.6 Å². The normalized spacial score (nSPS) is 12.9. The Kier molecular flexibility index (Phi) is 5.87. The fourth-order valence-corrected chi connectivity index (χ4v) is 3.08. The maximum atomic E-state index is 12.7. The molecule has 0 spiro atoms. The highest BCUT2D eigenvalue weighted by molar-refractivity contribution is 7.88. The van der Waals surface area contributed by atoms with Crippen molar-refractivity contribution in [3.05, 3.63) is 64.1 Å². The van der Waals surface area contributed by atoms with Crippen LogP contribution in [0.4, 0.5) is 5.69 Å². The summed E-state index contributed by atoms with van der Waals surface area (Å²) in [6.07, 6.45) is 1.04. The van der Waals surface area contributed by atoms with Gasteiger partial charge in [0.1, 0.15) is 6.04 Å². The van der Waals surface area contributed by atoms with Crippen molar-refractivity contribution in [2.24, 2.45) is 0 Å². The minimum Gasteiger partial charge on any atom is -0.323 e. The second kappa shape index (κ2) is 7.53. The average molecular weight is 387 g/mol. The number of benzene rings is 2. The Labute approximate surface area is 151 Å². The van der Waals surface area contributed by atoms with Crippen LogP contribution in [0, 0.1) is 0 Å². The fourth-order valence-electron chi connectivity index (χ4n) is 2.15. The number of rotatable bonds is 5. The van der Waals surface area contributed by atoms with Crippen molar-refractivity contribution in [2.75, 3.05) is 18.6 Å². The molecule has 1 atom stereocenters. The third-order valence-corrected chi connectivity index (χ3v) is 5.26. The molecule has 5 nitrogen and oxygen atoms in total. The molecule has 128 valence electrons. The summed E-state index contributed by atoms with van der Waals surface area (Å²) in [7, 11) is -2.24. The lowest BCUT2D eigenvalue weighted by molar-refractivity contribution is -0.119. The zero-order chi connectivity index (χ0) is 17.9. The maximum Gasteiger partial charge on any atom is 0.247 e. The number of sulfonamides is 1. The molecular formula is C16H16Cl2N2O3S. The molecule has 0 saturated heterocycles. The monoisotopic (exact) mass is 386 g/mol. The van der Waals surface area contributed by atoms with Crippen molar-refractivity contribution in [1.29, 1.82) is 0 Å². The van der Waals surface area contributed by atoms with Gasteiger partial charge in [0.15, 0.2) is 0 Å². The summed E-state index contributed by atoms with van der Waals surface area (Å²) in [5.74, 6) is -0.529. The van der Waals surface area contributed by atoms with E-state index < -0.39 is 22.0 Å². The highest BCUT2D eigenvalue weighted by atomic mass is 35.5. The topological polar surface area (TPSA) is 66.5 Å². The number of hydrogen-bond acceptors (Lipinski definition) is 3. The van der Waals surface area contributed by atoms with E-state index >= 15 is 0 Å². The van der Waals surface area contributed by atoms with Crippen molar-refractivity contribution < 1.29 is 13.2 Å². The van der Waals surface area contributed by atoms with Gasteiger partial charge < -0.3 is 5.32 Å². The lowest BCUT2D eigenvalue weighted by atomic mass is 10.1. The molecular weight excluding hydrogens is 371 g/mol. The van der Waals surface area contributed by atoms with Gasteiger partial charge in [0.2, 0.25) is 15.9 Å². The molecule has 0 aliphatic heterocycles. The van der Waals surface area contributed by atoms with E-state index in [1.165, 1.54) is 13.1 Å². The van der Waals surface area contributed by atoms with Gasteiger partial charge in [-0.15, -0.1) is 0 Å². The van der Waals surface area contributed by atoms with E-state index in [4.69, 9.17) is 23.2 Å². The molecule has 1 N–H and O–H groups in total. The van der Waals surface area contributed by atoms with E-state index in [0.717, 1.165) is 10.6 Å². The highest BCUT2D eigenvalue weighted by Crippen LogP contribution is 2.28. The SMILES string of the molecule is CN(C(C(=O)Nc1cc(Cl)ccc1Cl)c1ccccc1)S(C)(=O)=O. The Morgan fingerprint density at radius 2 is 1.75 bits per heavy atom. The third kappa shape index (κ3) is 4.48. The first kappa shape index (κ1) is 18.7. The van der Waals surface area contributed by atoms with E-state index in [-0.39, 0.29) is 0 Å². The zero-order valence-electron chi connectivity index (χ0n) is 13.0. The lowest BCUT2D eigenvalue weighted by Crippen LogP contribution is -2.38. The van der Waals surface area contributed by atoms with Crippen molar-refractivity contribution in [1.82, 2.24) is 4.31 Å². The average Bonchev–Trinajstić information content (AvgIpc) is 2.51. The molecule has 2 rings (SSSR count). The highest BCUT2D eigenvalue weighted by Gasteiger charge is 2.31. The van der Waals surface area contributed by atoms with Gasteiger partial charge in [-0.1, -0.05) is 53.5 Å². The molecule has 2 aromatic rings. The van der Waals surface area contributed by atoms with Crippen LogP contribution in [-0.2, 0) is 14.8 Å². The van der Waals surface area contributed by atoms with Crippen molar-refractivity contribution in [3.8, 4) is 0 Å². The van der Waals surface area contributed by atoms with Crippen LogP contribution in [0.25, 0.3) is 0 Å². The summed E-state index contributed by atoms with van der Waals surface area (Å²) in [6.45, 7) is 0. The van der Waals surface area contributed by atoms with Crippen LogP contribution in [-0.4, -0.2) is 31.9 Å². The van der Waals surface area contributed by atoms with Gasteiger partial charge in [0, 0.05) is 12.1 Å². The number of halogens is 2. The van der Waals surface area contributed by atoms with Crippen molar-refractivity contribution in [3.63, 3.8) is 0 Å². The number of likely N-dealkylation sites (N-methyl/N-ethyl adjacent to an activating group) is 1. The molecule has 0 saturated carbocycles. The van der Waals surface area contributed by atoms with Crippen LogP contribution < -0.4 is 5.32 Å². The van der Waals surface area contributed by atoms with Crippen molar-refractivity contribution >= 4 is 44.8 Å². The predicted molar refractivity (Wildman–Crippen MR) is 96.9 cm³/mol. The first-order chi connectivity index (χ1) is 11.2. The molecule has 0 aliphatic carbocycles. The maximum absolute atomic E-state index is 12.7. The number of carbonyl (C=O) groups is 1. The van der Waals surface area contributed by atoms with Crippen LogP contribution in [0.2, 0.25) is 10.0 Å². The summed E-state index contributed by atoms with van der Waals surface area (Å²) < 4.78 is 24.9. The molecule has 8 heteroatoms. The second-order valence-corrected chi connectivity index (χ2v) is 8.09. The van der Waals surface area contributed by atoms with Gasteiger partial charge in [-0.25, -0.2) is 8.42 Å². The number of nitrogens with zero attached hydrogens (tertiary/aromatic N) is 1. The van der Waals surface area contributed by atoms with Crippen LogP contribution in [0.15, 0.2) is 48.5 Å². The Bertz CT molecular complexity index is 842. The van der Waals surface area contributed by atoms with Gasteiger partial charge >= 0.3 is 0 Å². The second-order valence-electron chi connectivity index (χ2n) is 5.21. The van der Waals surface area contributed by atoms with Gasteiger partial charge in [-0.3, -0.25) is 4.79 Å². The number of amides is 1. The molecule has 0 radical (unpaired) electrons. The summed E-state index contributed by atoms with van der Waals surface area (Å²) >= 11 is 12.0. The van der Waals surface area contributed by atoms with Gasteiger partial charge in [-0.2, -0.15) is 4.31 Å². The first-order valence-corrected chi connectivity index (χ1v) is 9.54. The lowest BCUT2D eigenvalue weighted by Gasteiger charge is -2.25. The molecule has 1 amide bonds. The smallest absolute Gasteiger partial charge is 0.247 e. The summed E-state index contributed by atoms with van der Waals surface area (Å²) in [5.41, 5.74) is 0.859. The molecule has 0 bridgehead atoms. The first-order valence-electron chi connectivity index (χ1n) is 6.94. The van der Waals surface area contributed by atoms with Crippen LogP contribution in [0.5, 0.6) is 0 Å². The summed E-state index contributed by atoms with van der Waals surface area (Å²) in [6, 6.07) is 12.2. The summed E-state index contributed by atoms with van der Waals surface area (Å²) in [5, 5.41) is 3.35. The Balaban J connectivity index is 2.40. The van der Waals surface area contributed by atoms with Gasteiger partial charge in [-0.05, 0) is 23.8 Å². The number of anilines is 1. The van der Waals surface area contributed by atoms with Gasteiger partial charge in [0.05, 0.1) is 17.0 Å². The number of hydrogen-bond donors (Lipinski definition) is 1. The van der Waals surface area contributed by atoms with E-state index in [1.807, 2.05) is 0 Å². The van der Waals surface area contributed by atoms with E-state index in [0.29, 0.717) is 21.3 Å². The molecule has 24 heavy (non-hydrogen) atoms. The number of nitrogens with one attached hydrogen (secondary N) is 1. The molecule has 0 fully saturated rings. The van der Waals surface area contributed by atoms with E-state index in [9.17, 15) is 13.2 Å². The van der Waals surface area contributed by atoms with Crippen LogP contribution in [0.3, 0.4) is 0 Å². The Morgan fingerprint density at radius 1 is 1.12 bits per heavy atom. The molecule has 0 heterocycles. The van der Waals surface area contributed by atoms with Crippen molar-refractivity contribution in [2.45, 2.75) is 6.04 Å². The van der Waals surface area contributed by atoms with Crippen LogP contribution >= 0.6 is 23.2 Å². The van der Waals surface area contributed by atoms with E-state index in [2.05, 4.69) is 5.32 Å². The third-order valence-electron chi connectivity index (χ3n) is 3.44. The predicted octanol–water partition coefficient (Wildman–Crippen LogP) is 3.56. The summed E-state index contributed by atoms with van der Waals surface area (Å²) in [4.78, 5) is 12.7. The quantitative estimate of drug-likeness (QED) is 0.853. The Morgan fingerprint density at radius 3 is 2.33 bits per heavy atom.